The number of para-hydroxylation sites is 1. The van der Waals surface area contributed by atoms with Gasteiger partial charge >= 0.3 is 12.1 Å². The number of fused-ring (bicyclic) bond motifs is 1. The monoisotopic (exact) mass is 515 g/mol. The quantitative estimate of drug-likeness (QED) is 0.412. The third-order valence-electron chi connectivity index (χ3n) is 6.69. The molecular weight excluding hydrogens is 483 g/mol. The van der Waals surface area contributed by atoms with E-state index < -0.39 is 17.8 Å². The van der Waals surface area contributed by atoms with Crippen LogP contribution in [0.3, 0.4) is 0 Å². The molecule has 6 nitrogen and oxygen atoms in total. The van der Waals surface area contributed by atoms with Gasteiger partial charge in [-0.15, -0.1) is 0 Å². The topological polar surface area (TPSA) is 71.9 Å². The lowest BCUT2D eigenvalue weighted by Gasteiger charge is -2.36. The first-order valence-corrected chi connectivity index (χ1v) is 12.3. The van der Waals surface area contributed by atoms with Crippen LogP contribution in [0.2, 0.25) is 0 Å². The van der Waals surface area contributed by atoms with Gasteiger partial charge in [0, 0.05) is 23.2 Å². The van der Waals surface area contributed by atoms with Crippen molar-refractivity contribution in [2.45, 2.75) is 64.6 Å². The molecule has 1 fully saturated rings. The van der Waals surface area contributed by atoms with Gasteiger partial charge in [-0.25, -0.2) is 9.79 Å². The van der Waals surface area contributed by atoms with E-state index in [1.54, 1.807) is 23.1 Å². The number of carbonyl (C=O) groups is 2. The molecule has 0 N–H and O–H groups in total. The highest BCUT2D eigenvalue weighted by atomic mass is 19.4. The van der Waals surface area contributed by atoms with Crippen LogP contribution in [0.15, 0.2) is 48.1 Å². The Morgan fingerprint density at radius 3 is 2.43 bits per heavy atom. The second kappa shape index (κ2) is 12.2. The van der Waals surface area contributed by atoms with Crippen LogP contribution < -0.4 is 0 Å². The van der Waals surface area contributed by atoms with E-state index in [1.807, 2.05) is 6.92 Å². The van der Waals surface area contributed by atoms with Crippen LogP contribution in [0.4, 0.5) is 18.9 Å². The summed E-state index contributed by atoms with van der Waals surface area (Å²) in [4.78, 5) is 32.8. The molecule has 0 amide bonds. The normalized spacial score (nSPS) is 16.4. The fraction of sp³-hybridized carbons (Fsp3) is 0.429. The molecule has 2 heterocycles. The maximum Gasteiger partial charge on any atom is 0.418 e. The fourth-order valence-electron chi connectivity index (χ4n) is 4.66. The SMILES string of the molecule is C=C1c2cccc(C(F)(F)F)c2N=CN1C(CC1CCCCC1)C(C)=O.COC(=O)c1ccc(C)nc1. The summed E-state index contributed by atoms with van der Waals surface area (Å²) in [7, 11) is 1.35. The molecule has 9 heteroatoms. The van der Waals surface area contributed by atoms with Crippen LogP contribution >= 0.6 is 0 Å². The summed E-state index contributed by atoms with van der Waals surface area (Å²) < 4.78 is 44.2. The van der Waals surface area contributed by atoms with Crippen LogP contribution in [0.25, 0.3) is 5.70 Å². The van der Waals surface area contributed by atoms with Crippen LogP contribution in [0, 0.1) is 12.8 Å². The van der Waals surface area contributed by atoms with Crippen molar-refractivity contribution >= 4 is 29.5 Å². The Morgan fingerprint density at radius 2 is 1.86 bits per heavy atom. The molecule has 1 unspecified atom stereocenters. The summed E-state index contributed by atoms with van der Waals surface area (Å²) in [6.45, 7) is 7.36. The third-order valence-corrected chi connectivity index (χ3v) is 6.69. The summed E-state index contributed by atoms with van der Waals surface area (Å²) in [5, 5.41) is 0. The van der Waals surface area contributed by atoms with Gasteiger partial charge in [0.25, 0.3) is 0 Å². The average Bonchev–Trinajstić information content (AvgIpc) is 2.88. The Labute approximate surface area is 215 Å². The molecule has 2 aliphatic rings. The lowest BCUT2D eigenvalue weighted by atomic mass is 9.83. The number of alkyl halides is 3. The smallest absolute Gasteiger partial charge is 0.418 e. The molecule has 0 spiro atoms. The Hall–Kier alpha value is -3.49. The van der Waals surface area contributed by atoms with Crippen molar-refractivity contribution in [2.75, 3.05) is 7.11 Å². The number of esters is 1. The van der Waals surface area contributed by atoms with Gasteiger partial charge < -0.3 is 9.64 Å². The first-order valence-electron chi connectivity index (χ1n) is 12.3. The highest BCUT2D eigenvalue weighted by molar-refractivity contribution is 5.93. The van der Waals surface area contributed by atoms with Crippen molar-refractivity contribution in [1.82, 2.24) is 9.88 Å². The van der Waals surface area contributed by atoms with Gasteiger partial charge in [0.15, 0.2) is 5.78 Å². The molecule has 1 atom stereocenters. The summed E-state index contributed by atoms with van der Waals surface area (Å²) in [6, 6.07) is 6.98. The minimum atomic E-state index is -4.48. The van der Waals surface area contributed by atoms with E-state index in [2.05, 4.69) is 21.3 Å². The summed E-state index contributed by atoms with van der Waals surface area (Å²) >= 11 is 0. The maximum atomic E-state index is 13.2. The number of methoxy groups -OCH3 is 1. The molecule has 1 saturated carbocycles. The maximum absolute atomic E-state index is 13.2. The number of rotatable bonds is 5. The minimum Gasteiger partial charge on any atom is -0.465 e. The molecule has 37 heavy (non-hydrogen) atoms. The number of aliphatic imine (C=N–C) groups is 1. The zero-order chi connectivity index (χ0) is 27.2. The number of ketones is 1. The van der Waals surface area contributed by atoms with Crippen molar-refractivity contribution in [3.63, 3.8) is 0 Å². The molecule has 1 aliphatic carbocycles. The molecule has 4 rings (SSSR count). The molecule has 198 valence electrons. The van der Waals surface area contributed by atoms with Crippen LogP contribution in [-0.2, 0) is 15.7 Å². The number of nitrogens with zero attached hydrogens (tertiary/aromatic N) is 3. The van der Waals surface area contributed by atoms with Crippen molar-refractivity contribution in [2.24, 2.45) is 10.9 Å². The standard InChI is InChI=1S/C20H23F3N2O.C8H9NO2/c1-13-16-9-6-10-17(20(21,22)23)19(16)24-12-25(13)18(14(2)26)11-15-7-4-3-5-8-15;1-6-3-4-7(5-9-6)8(10)11-2/h6,9-10,12,15,18H,1,3-5,7-8,11H2,2H3;3-5H,1-2H3. The molecular formula is C28H32F3N3O3. The van der Waals surface area contributed by atoms with Gasteiger partial charge in [-0.05, 0) is 44.4 Å². The van der Waals surface area contributed by atoms with Gasteiger partial charge in [-0.1, -0.05) is 50.8 Å². The van der Waals surface area contributed by atoms with Gasteiger partial charge in [0.2, 0.25) is 0 Å². The number of hydrogen-bond donors (Lipinski definition) is 0. The highest BCUT2D eigenvalue weighted by Gasteiger charge is 2.37. The number of Topliss-reactive ketones (excluding diaryl/α,β-unsaturated/α-hetero) is 1. The zero-order valence-electron chi connectivity index (χ0n) is 21.3. The molecule has 0 saturated heterocycles. The molecule has 0 bridgehead atoms. The second-order valence-corrected chi connectivity index (χ2v) is 9.34. The van der Waals surface area contributed by atoms with E-state index in [0.717, 1.165) is 24.6 Å². The number of pyridine rings is 1. The molecule has 0 radical (unpaired) electrons. The summed E-state index contributed by atoms with van der Waals surface area (Å²) in [5.74, 6) is 0.0952. The van der Waals surface area contributed by atoms with Crippen molar-refractivity contribution in [3.05, 3.63) is 65.5 Å². The average molecular weight is 516 g/mol. The predicted molar refractivity (Wildman–Crippen MR) is 136 cm³/mol. The van der Waals surface area contributed by atoms with E-state index in [9.17, 15) is 22.8 Å². The summed E-state index contributed by atoms with van der Waals surface area (Å²) in [5.41, 5.74) is 1.20. The largest absolute Gasteiger partial charge is 0.465 e. The van der Waals surface area contributed by atoms with Crippen LogP contribution in [-0.4, -0.2) is 41.1 Å². The van der Waals surface area contributed by atoms with Gasteiger partial charge in [0.1, 0.15) is 0 Å². The van der Waals surface area contributed by atoms with Crippen molar-refractivity contribution < 1.29 is 27.5 Å². The fourth-order valence-corrected chi connectivity index (χ4v) is 4.66. The number of ether oxygens (including phenoxy) is 1. The van der Waals surface area contributed by atoms with E-state index in [4.69, 9.17) is 0 Å². The van der Waals surface area contributed by atoms with E-state index in [0.29, 0.717) is 29.2 Å². The Bertz CT molecular complexity index is 1150. The molecule has 1 aliphatic heterocycles. The van der Waals surface area contributed by atoms with Crippen LogP contribution in [0.1, 0.15) is 72.6 Å². The molecule has 1 aromatic heterocycles. The van der Waals surface area contributed by atoms with Gasteiger partial charge in [0.05, 0.1) is 36.3 Å². The lowest BCUT2D eigenvalue weighted by Crippen LogP contribution is -2.40. The van der Waals surface area contributed by atoms with Crippen LogP contribution in [0.5, 0.6) is 0 Å². The number of halogens is 3. The highest BCUT2D eigenvalue weighted by Crippen LogP contribution is 2.43. The first kappa shape index (κ1) is 28.1. The summed E-state index contributed by atoms with van der Waals surface area (Å²) in [6.07, 6.45) is 4.81. The Kier molecular flexibility index (Phi) is 9.23. The number of benzene rings is 1. The van der Waals surface area contributed by atoms with E-state index >= 15 is 0 Å². The number of aryl methyl sites for hydroxylation is 1. The Balaban J connectivity index is 0.000000289. The van der Waals surface area contributed by atoms with Gasteiger partial charge in [-0.2, -0.15) is 13.2 Å². The second-order valence-electron chi connectivity index (χ2n) is 9.34. The van der Waals surface area contributed by atoms with Crippen molar-refractivity contribution in [1.29, 1.82) is 0 Å². The number of hydrogen-bond acceptors (Lipinski definition) is 6. The molecule has 2 aromatic rings. The minimum absolute atomic E-state index is 0.0152. The van der Waals surface area contributed by atoms with Crippen molar-refractivity contribution in [3.8, 4) is 0 Å². The Morgan fingerprint density at radius 1 is 1.16 bits per heavy atom. The lowest BCUT2D eigenvalue weighted by molar-refractivity contribution is -0.137. The van der Waals surface area contributed by atoms with Gasteiger partial charge in [-0.3, -0.25) is 9.78 Å². The van der Waals surface area contributed by atoms with E-state index in [-0.39, 0.29) is 17.4 Å². The molecule has 1 aromatic carbocycles. The number of carbonyl (C=O) groups excluding carboxylic acids is 2. The first-order chi connectivity index (χ1) is 17.5. The third kappa shape index (κ3) is 7.05. The zero-order valence-corrected chi connectivity index (χ0v) is 21.3. The van der Waals surface area contributed by atoms with E-state index in [1.165, 1.54) is 51.9 Å². The number of aromatic nitrogens is 1. The predicted octanol–water partition coefficient (Wildman–Crippen LogP) is 6.76.